The highest BCUT2D eigenvalue weighted by Crippen LogP contribution is 2.34. The Morgan fingerprint density at radius 3 is 2.52 bits per heavy atom. The lowest BCUT2D eigenvalue weighted by Crippen LogP contribution is -2.40. The molecule has 2 aromatic carbocycles. The lowest BCUT2D eigenvalue weighted by molar-refractivity contribution is 0.0303. The molecule has 1 fully saturated rings. The summed E-state index contributed by atoms with van der Waals surface area (Å²) in [6.07, 6.45) is 8.23. The molecule has 42 heavy (non-hydrogen) atoms. The van der Waals surface area contributed by atoms with Gasteiger partial charge in [-0.25, -0.2) is 14.7 Å². The number of carbonyl (C=O) groups excluding carboxylic acids is 2. The number of carbonyl (C=O) groups is 2. The van der Waals surface area contributed by atoms with Crippen molar-refractivity contribution in [1.29, 1.82) is 0 Å². The Labute approximate surface area is 247 Å². The number of ether oxygens (including phenoxy) is 3. The van der Waals surface area contributed by atoms with E-state index >= 15 is 0 Å². The topological polar surface area (TPSA) is 114 Å². The van der Waals surface area contributed by atoms with Gasteiger partial charge in [-0.05, 0) is 73.7 Å². The van der Waals surface area contributed by atoms with Gasteiger partial charge < -0.3 is 29.4 Å². The van der Waals surface area contributed by atoms with Crippen LogP contribution in [0.3, 0.4) is 0 Å². The minimum Gasteiger partial charge on any atom is -0.497 e. The molecule has 0 radical (unpaired) electrons. The number of hydrogen-bond acceptors (Lipinski definition) is 7. The lowest BCUT2D eigenvalue weighted by Gasteiger charge is -2.26. The molecule has 1 aliphatic rings. The van der Waals surface area contributed by atoms with Crippen LogP contribution in [0.1, 0.15) is 32.0 Å². The number of rotatable bonds is 10. The Morgan fingerprint density at radius 2 is 1.83 bits per heavy atom. The Morgan fingerprint density at radius 1 is 1.07 bits per heavy atom. The standard InChI is InChI=1S/C31H39N5O5S/c1-21-16-24(39-2)7-9-26(21)36-30(32)25(19-33-36)29(37)28-18-23-17-22(31(38)34-10-12-40-13-11-34)6-8-27(23)35(28)20-41-14-15-42(3,4)5/h6-9,16-19H,10-15,20,32H2,1-5H3. The molecule has 224 valence electrons. The minimum absolute atomic E-state index is 0.0504. The van der Waals surface area contributed by atoms with E-state index in [1.807, 2.05) is 54.0 Å². The van der Waals surface area contributed by atoms with Crippen LogP contribution >= 0.6 is 10.0 Å². The number of hydrogen-bond donors (Lipinski definition) is 1. The van der Waals surface area contributed by atoms with E-state index < -0.39 is 10.0 Å². The molecule has 4 aromatic rings. The quantitative estimate of drug-likeness (QED) is 0.218. The molecule has 0 aliphatic carbocycles. The Bertz CT molecular complexity index is 1610. The van der Waals surface area contributed by atoms with Gasteiger partial charge in [0.05, 0.1) is 55.6 Å². The fourth-order valence-electron chi connectivity index (χ4n) is 5.00. The molecule has 3 heterocycles. The number of morpholine rings is 1. The number of nitrogen functional groups attached to an aromatic ring is 1. The van der Waals surface area contributed by atoms with Crippen LogP contribution < -0.4 is 10.5 Å². The number of aryl methyl sites for hydroxylation is 1. The second-order valence-electron chi connectivity index (χ2n) is 11.3. The molecule has 0 bridgehead atoms. The van der Waals surface area contributed by atoms with Crippen LogP contribution in [0.15, 0.2) is 48.7 Å². The first-order valence-electron chi connectivity index (χ1n) is 13.8. The molecule has 5 rings (SSSR count). The predicted octanol–water partition coefficient (Wildman–Crippen LogP) is 4.10. The van der Waals surface area contributed by atoms with Crippen molar-refractivity contribution in [2.24, 2.45) is 0 Å². The minimum atomic E-state index is -0.728. The summed E-state index contributed by atoms with van der Waals surface area (Å²) >= 11 is 0. The molecule has 11 heteroatoms. The van der Waals surface area contributed by atoms with Gasteiger partial charge in [0, 0.05) is 29.8 Å². The van der Waals surface area contributed by atoms with E-state index in [-0.39, 0.29) is 29.8 Å². The van der Waals surface area contributed by atoms with Crippen molar-refractivity contribution in [3.05, 3.63) is 71.0 Å². The lowest BCUT2D eigenvalue weighted by atomic mass is 10.1. The zero-order valence-corrected chi connectivity index (χ0v) is 25.7. The summed E-state index contributed by atoms with van der Waals surface area (Å²) in [5.41, 5.74) is 10.3. The van der Waals surface area contributed by atoms with Gasteiger partial charge in [-0.15, -0.1) is 0 Å². The fraction of sp³-hybridized carbons (Fsp3) is 0.387. The van der Waals surface area contributed by atoms with Gasteiger partial charge in [-0.2, -0.15) is 5.10 Å². The smallest absolute Gasteiger partial charge is 0.254 e. The maximum absolute atomic E-state index is 14.0. The van der Waals surface area contributed by atoms with Crippen molar-refractivity contribution in [2.45, 2.75) is 13.7 Å². The number of anilines is 1. The fourth-order valence-corrected chi connectivity index (χ4v) is 5.62. The van der Waals surface area contributed by atoms with Crippen molar-refractivity contribution in [3.8, 4) is 11.4 Å². The van der Waals surface area contributed by atoms with Gasteiger partial charge in [-0.3, -0.25) is 9.59 Å². The average molecular weight is 594 g/mol. The van der Waals surface area contributed by atoms with Crippen molar-refractivity contribution in [1.82, 2.24) is 19.2 Å². The molecule has 2 N–H and O–H groups in total. The molecule has 0 atom stereocenters. The van der Waals surface area contributed by atoms with E-state index in [1.165, 1.54) is 6.20 Å². The van der Waals surface area contributed by atoms with Gasteiger partial charge >= 0.3 is 0 Å². The number of methoxy groups -OCH3 is 1. The second kappa shape index (κ2) is 12.2. The Kier molecular flexibility index (Phi) is 8.63. The highest BCUT2D eigenvalue weighted by Gasteiger charge is 2.25. The third-order valence-electron chi connectivity index (χ3n) is 7.42. The van der Waals surface area contributed by atoms with E-state index in [0.717, 1.165) is 33.7 Å². The third kappa shape index (κ3) is 6.18. The maximum Gasteiger partial charge on any atom is 0.254 e. The molecule has 1 aliphatic heterocycles. The number of benzene rings is 2. The van der Waals surface area contributed by atoms with Gasteiger partial charge in [0.1, 0.15) is 18.3 Å². The summed E-state index contributed by atoms with van der Waals surface area (Å²) in [5.74, 6) is 1.60. The first-order valence-corrected chi connectivity index (χ1v) is 16.9. The number of ketones is 1. The maximum atomic E-state index is 14.0. The number of fused-ring (bicyclic) bond motifs is 1. The van der Waals surface area contributed by atoms with E-state index in [1.54, 1.807) is 16.7 Å². The first kappa shape index (κ1) is 29.7. The highest BCUT2D eigenvalue weighted by molar-refractivity contribution is 8.32. The predicted molar refractivity (Wildman–Crippen MR) is 168 cm³/mol. The van der Waals surface area contributed by atoms with Crippen LogP contribution in [0.2, 0.25) is 0 Å². The monoisotopic (exact) mass is 593 g/mol. The zero-order chi connectivity index (χ0) is 30.0. The molecular formula is C31H39N5O5S. The van der Waals surface area contributed by atoms with Crippen LogP contribution in [0.25, 0.3) is 16.6 Å². The van der Waals surface area contributed by atoms with Crippen molar-refractivity contribution < 1.29 is 23.8 Å². The van der Waals surface area contributed by atoms with Gasteiger partial charge in [0.2, 0.25) is 5.78 Å². The number of nitrogens with zero attached hydrogens (tertiary/aromatic N) is 4. The Balaban J connectivity index is 1.50. The molecule has 1 amide bonds. The highest BCUT2D eigenvalue weighted by atomic mass is 32.3. The van der Waals surface area contributed by atoms with Crippen LogP contribution in [-0.2, 0) is 16.2 Å². The summed E-state index contributed by atoms with van der Waals surface area (Å²) in [5, 5.41) is 5.23. The molecule has 10 nitrogen and oxygen atoms in total. The summed E-state index contributed by atoms with van der Waals surface area (Å²) in [6, 6.07) is 12.9. The Hall–Kier alpha value is -3.80. The number of amides is 1. The molecule has 0 unspecified atom stereocenters. The van der Waals surface area contributed by atoms with E-state index in [4.69, 9.17) is 19.9 Å². The van der Waals surface area contributed by atoms with Crippen molar-refractivity contribution in [3.63, 3.8) is 0 Å². The summed E-state index contributed by atoms with van der Waals surface area (Å²) in [6.45, 7) is 4.89. The second-order valence-corrected chi connectivity index (χ2v) is 15.9. The SMILES string of the molecule is COc1ccc(-n2ncc(C(=O)c3cc4cc(C(=O)N5CCOCC5)ccc4n3COCCS(C)(C)C)c2N)c(C)c1. The van der Waals surface area contributed by atoms with Gasteiger partial charge in [0.15, 0.2) is 0 Å². The third-order valence-corrected chi connectivity index (χ3v) is 8.81. The van der Waals surface area contributed by atoms with E-state index in [0.29, 0.717) is 44.2 Å². The zero-order valence-electron chi connectivity index (χ0n) is 24.9. The normalized spacial score (nSPS) is 14.4. The molecule has 0 spiro atoms. The average Bonchev–Trinajstić information content (AvgIpc) is 3.54. The van der Waals surface area contributed by atoms with Crippen LogP contribution in [-0.4, -0.2) is 95.5 Å². The summed E-state index contributed by atoms with van der Waals surface area (Å²) in [4.78, 5) is 29.0. The number of aromatic nitrogens is 3. The van der Waals surface area contributed by atoms with Crippen LogP contribution in [0.4, 0.5) is 5.82 Å². The summed E-state index contributed by atoms with van der Waals surface area (Å²) in [7, 11) is 0.885. The van der Waals surface area contributed by atoms with Crippen LogP contribution in [0, 0.1) is 6.92 Å². The van der Waals surface area contributed by atoms with E-state index in [9.17, 15) is 9.59 Å². The molecule has 1 saturated heterocycles. The first-order chi connectivity index (χ1) is 20.1. The largest absolute Gasteiger partial charge is 0.497 e. The van der Waals surface area contributed by atoms with Crippen molar-refractivity contribution >= 4 is 38.4 Å². The number of nitrogens with two attached hydrogens (primary N) is 1. The summed E-state index contributed by atoms with van der Waals surface area (Å²) < 4.78 is 20.2. The molecular weight excluding hydrogens is 554 g/mol. The van der Waals surface area contributed by atoms with E-state index in [2.05, 4.69) is 23.9 Å². The van der Waals surface area contributed by atoms with Gasteiger partial charge in [0.25, 0.3) is 5.91 Å². The van der Waals surface area contributed by atoms with Gasteiger partial charge in [-0.1, -0.05) is 0 Å². The van der Waals surface area contributed by atoms with Crippen molar-refractivity contribution in [2.75, 3.05) is 70.3 Å². The van der Waals surface area contributed by atoms with Crippen LogP contribution in [0.5, 0.6) is 5.75 Å². The molecule has 0 saturated carbocycles. The molecule has 2 aromatic heterocycles.